The summed E-state index contributed by atoms with van der Waals surface area (Å²) in [6.07, 6.45) is 1.39. The lowest BCUT2D eigenvalue weighted by atomic mass is 10.5. The van der Waals surface area contributed by atoms with Crippen LogP contribution in [0.5, 0.6) is 0 Å². The van der Waals surface area contributed by atoms with Gasteiger partial charge < -0.3 is 10.5 Å². The second kappa shape index (κ2) is 1.89. The van der Waals surface area contributed by atoms with Crippen LogP contribution in [0, 0.1) is 0 Å². The largest absolute Gasteiger partial charge is 0.491 e. The quantitative estimate of drug-likeness (QED) is 0.511. The molecule has 0 saturated carbocycles. The van der Waals surface area contributed by atoms with Crippen LogP contribution in [-0.2, 0) is 9.53 Å². The van der Waals surface area contributed by atoms with Crippen LogP contribution in [0.3, 0.4) is 0 Å². The molecule has 1 amide bonds. The molecule has 4 heteroatoms. The van der Waals surface area contributed by atoms with Gasteiger partial charge in [0.2, 0.25) is 0 Å². The number of amides is 1. The van der Waals surface area contributed by atoms with E-state index in [1.165, 1.54) is 13.2 Å². The van der Waals surface area contributed by atoms with Crippen molar-refractivity contribution in [2.75, 3.05) is 7.11 Å². The maximum Gasteiger partial charge on any atom is 0.314 e. The lowest BCUT2D eigenvalue weighted by Gasteiger charge is -1.91. The number of amidine groups is 1. The van der Waals surface area contributed by atoms with E-state index in [-0.39, 0.29) is 11.6 Å². The fraction of sp³-hybridized carbons (Fsp3) is 0.200. The summed E-state index contributed by atoms with van der Waals surface area (Å²) in [6.45, 7) is 0. The lowest BCUT2D eigenvalue weighted by Crippen LogP contribution is -2.04. The Labute approximate surface area is 52.0 Å². The topological polar surface area (TPSA) is 64.7 Å². The molecule has 0 atom stereocenters. The molecule has 0 radical (unpaired) electrons. The zero-order chi connectivity index (χ0) is 6.85. The van der Waals surface area contributed by atoms with Crippen LogP contribution in [0.2, 0.25) is 0 Å². The van der Waals surface area contributed by atoms with E-state index in [1.807, 2.05) is 0 Å². The van der Waals surface area contributed by atoms with Crippen molar-refractivity contribution < 1.29 is 9.53 Å². The van der Waals surface area contributed by atoms with Crippen LogP contribution in [0.25, 0.3) is 0 Å². The number of ether oxygens (including phenoxy) is 1. The summed E-state index contributed by atoms with van der Waals surface area (Å²) < 4.78 is 4.61. The Balaban J connectivity index is 2.83. The molecule has 4 nitrogen and oxygen atoms in total. The number of aliphatic imine (C=N–C) groups is 1. The highest BCUT2D eigenvalue weighted by molar-refractivity contribution is 6.13. The number of methoxy groups -OCH3 is 1. The van der Waals surface area contributed by atoms with Gasteiger partial charge in [-0.05, 0) is 0 Å². The first-order valence-electron chi connectivity index (χ1n) is 2.38. The molecule has 0 aliphatic carbocycles. The number of hydrogen-bond acceptors (Lipinski definition) is 3. The van der Waals surface area contributed by atoms with Crippen molar-refractivity contribution in [2.24, 2.45) is 10.7 Å². The molecule has 0 spiro atoms. The number of nitrogens with two attached hydrogens (primary N) is 1. The van der Waals surface area contributed by atoms with E-state index in [0.717, 1.165) is 0 Å². The molecule has 0 saturated heterocycles. The normalized spacial score (nSPS) is 17.2. The molecule has 1 rings (SSSR count). The summed E-state index contributed by atoms with van der Waals surface area (Å²) >= 11 is 0. The van der Waals surface area contributed by atoms with Gasteiger partial charge in [0.25, 0.3) is 0 Å². The van der Waals surface area contributed by atoms with Crippen molar-refractivity contribution in [1.29, 1.82) is 0 Å². The predicted molar refractivity (Wildman–Crippen MR) is 31.7 cm³/mol. The first-order valence-corrected chi connectivity index (χ1v) is 2.38. The SMILES string of the molecule is COC1=CC(N)=NC1=O. The van der Waals surface area contributed by atoms with Crippen LogP contribution < -0.4 is 5.73 Å². The summed E-state index contributed by atoms with van der Waals surface area (Å²) in [5, 5.41) is 0. The molecule has 0 bridgehead atoms. The molecule has 1 aliphatic heterocycles. The molecule has 0 aromatic heterocycles. The van der Waals surface area contributed by atoms with Gasteiger partial charge in [-0.25, -0.2) is 0 Å². The monoisotopic (exact) mass is 126 g/mol. The minimum atomic E-state index is -0.407. The third-order valence-corrected chi connectivity index (χ3v) is 0.940. The zero-order valence-corrected chi connectivity index (χ0v) is 4.92. The van der Waals surface area contributed by atoms with E-state index < -0.39 is 5.91 Å². The van der Waals surface area contributed by atoms with Crippen molar-refractivity contribution in [1.82, 2.24) is 0 Å². The highest BCUT2D eigenvalue weighted by Gasteiger charge is 2.15. The fourth-order valence-electron chi connectivity index (χ4n) is 0.547. The molecule has 1 heterocycles. The second-order valence-electron chi connectivity index (χ2n) is 1.55. The van der Waals surface area contributed by atoms with E-state index in [9.17, 15) is 4.79 Å². The Hall–Kier alpha value is -1.32. The minimum Gasteiger partial charge on any atom is -0.491 e. The molecule has 9 heavy (non-hydrogen) atoms. The number of nitrogens with zero attached hydrogens (tertiary/aromatic N) is 1. The van der Waals surface area contributed by atoms with Gasteiger partial charge in [0.1, 0.15) is 5.84 Å². The molecular formula is C5H6N2O2. The second-order valence-corrected chi connectivity index (χ2v) is 1.55. The fourth-order valence-corrected chi connectivity index (χ4v) is 0.547. The van der Waals surface area contributed by atoms with Crippen molar-refractivity contribution in [3.05, 3.63) is 11.8 Å². The highest BCUT2D eigenvalue weighted by Crippen LogP contribution is 2.04. The standard InChI is InChI=1S/C5H6N2O2/c1-9-3-2-4(6)7-5(3)8/h2H,1H3,(H2,6,7,8). The van der Waals surface area contributed by atoms with Crippen molar-refractivity contribution >= 4 is 11.7 Å². The van der Waals surface area contributed by atoms with Crippen molar-refractivity contribution in [2.45, 2.75) is 0 Å². The van der Waals surface area contributed by atoms with Crippen molar-refractivity contribution in [3.8, 4) is 0 Å². The Kier molecular flexibility index (Phi) is 1.22. The van der Waals surface area contributed by atoms with Gasteiger partial charge in [-0.3, -0.25) is 4.79 Å². The van der Waals surface area contributed by atoms with Gasteiger partial charge in [0.15, 0.2) is 5.76 Å². The number of rotatable bonds is 1. The molecule has 1 aliphatic rings. The van der Waals surface area contributed by atoms with Crippen LogP contribution in [0.4, 0.5) is 0 Å². The zero-order valence-electron chi connectivity index (χ0n) is 4.92. The first-order chi connectivity index (χ1) is 4.24. The number of hydrogen-bond donors (Lipinski definition) is 1. The molecule has 0 aromatic rings. The molecule has 2 N–H and O–H groups in total. The Bertz CT molecular complexity index is 205. The predicted octanol–water partition coefficient (Wildman–Crippen LogP) is -0.586. The Morgan fingerprint density at radius 2 is 2.44 bits per heavy atom. The summed E-state index contributed by atoms with van der Waals surface area (Å²) in [5.41, 5.74) is 5.16. The summed E-state index contributed by atoms with van der Waals surface area (Å²) in [7, 11) is 1.40. The molecular weight excluding hydrogens is 120 g/mol. The Morgan fingerprint density at radius 3 is 2.67 bits per heavy atom. The van der Waals surface area contributed by atoms with Crippen LogP contribution in [0.1, 0.15) is 0 Å². The maximum absolute atomic E-state index is 10.6. The number of carbonyl (C=O) groups is 1. The molecule has 48 valence electrons. The van der Waals surface area contributed by atoms with E-state index in [4.69, 9.17) is 5.73 Å². The third kappa shape index (κ3) is 0.910. The summed E-state index contributed by atoms with van der Waals surface area (Å²) in [4.78, 5) is 13.9. The van der Waals surface area contributed by atoms with Gasteiger partial charge >= 0.3 is 5.91 Å². The smallest absolute Gasteiger partial charge is 0.314 e. The van der Waals surface area contributed by atoms with Gasteiger partial charge in [-0.2, -0.15) is 4.99 Å². The van der Waals surface area contributed by atoms with Crippen LogP contribution >= 0.6 is 0 Å². The maximum atomic E-state index is 10.6. The molecule has 0 aromatic carbocycles. The average molecular weight is 126 g/mol. The van der Waals surface area contributed by atoms with E-state index >= 15 is 0 Å². The van der Waals surface area contributed by atoms with Gasteiger partial charge in [-0.1, -0.05) is 0 Å². The van der Waals surface area contributed by atoms with Gasteiger partial charge in [0.05, 0.1) is 7.11 Å². The Morgan fingerprint density at radius 1 is 1.78 bits per heavy atom. The minimum absolute atomic E-state index is 0.201. The molecule has 0 unspecified atom stereocenters. The average Bonchev–Trinajstić information content (AvgIpc) is 2.10. The lowest BCUT2D eigenvalue weighted by molar-refractivity contribution is -0.116. The van der Waals surface area contributed by atoms with E-state index in [1.54, 1.807) is 0 Å². The number of carbonyl (C=O) groups excluding carboxylic acids is 1. The van der Waals surface area contributed by atoms with Crippen LogP contribution in [0.15, 0.2) is 16.8 Å². The summed E-state index contributed by atoms with van der Waals surface area (Å²) in [6, 6.07) is 0. The summed E-state index contributed by atoms with van der Waals surface area (Å²) in [5.74, 6) is -0.000602. The third-order valence-electron chi connectivity index (χ3n) is 0.940. The highest BCUT2D eigenvalue weighted by atomic mass is 16.5. The van der Waals surface area contributed by atoms with Gasteiger partial charge in [-0.15, -0.1) is 0 Å². The van der Waals surface area contributed by atoms with E-state index in [0.29, 0.717) is 0 Å². The van der Waals surface area contributed by atoms with E-state index in [2.05, 4.69) is 9.73 Å². The van der Waals surface area contributed by atoms with Crippen LogP contribution in [-0.4, -0.2) is 18.9 Å². The van der Waals surface area contributed by atoms with Gasteiger partial charge in [0, 0.05) is 6.08 Å². The van der Waals surface area contributed by atoms with Crippen molar-refractivity contribution in [3.63, 3.8) is 0 Å². The first kappa shape index (κ1) is 5.81. The molecule has 0 fully saturated rings.